The molecule has 0 aliphatic heterocycles. The molecule has 8 nitrogen and oxygen atoms in total. The molecule has 0 aromatic carbocycles. The van der Waals surface area contributed by atoms with Crippen molar-refractivity contribution in [3.8, 4) is 0 Å². The fourth-order valence-electron chi connectivity index (χ4n) is 7.78. The number of carbonyl (C=O) groups is 2. The third-order valence-corrected chi connectivity index (χ3v) is 9.46. The Bertz CT molecular complexity index is 1300. The van der Waals surface area contributed by atoms with E-state index in [4.69, 9.17) is 9.47 Å². The molecule has 0 amide bonds. The maximum atomic E-state index is 12.7. The quantitative estimate of drug-likeness (QED) is 0.613. The Morgan fingerprint density at radius 1 is 1.20 bits per heavy atom. The minimum atomic E-state index is -0.396. The van der Waals surface area contributed by atoms with Gasteiger partial charge in [-0.3, -0.25) is 4.79 Å². The number of hydrogen-bond donors (Lipinski definition) is 0. The van der Waals surface area contributed by atoms with Crippen LogP contribution in [0, 0.1) is 28.6 Å². The summed E-state index contributed by atoms with van der Waals surface area (Å²) in [5.74, 6) is 0.854. The summed E-state index contributed by atoms with van der Waals surface area (Å²) in [5.41, 5.74) is 4.12. The van der Waals surface area contributed by atoms with Crippen molar-refractivity contribution in [1.29, 1.82) is 0 Å². The standard InChI is InChI=1S/C27H32N4O4/c1-5-34-25(33)19-12-16-14-27(4)17(13-22(16)31-24(19)28-29-30-31)6-7-18-20-8-9-23(35-15(2)32)26(20,3)11-10-21(18)27/h6-7,12-13,18,20-21,23H,5,8-11,14H2,1-4H3/t18-,20-,21-,23-,26-,27-/m0/s1. The van der Waals surface area contributed by atoms with Gasteiger partial charge in [0.05, 0.1) is 12.3 Å². The van der Waals surface area contributed by atoms with Gasteiger partial charge in [-0.05, 0) is 90.5 Å². The van der Waals surface area contributed by atoms with Crippen molar-refractivity contribution in [2.75, 3.05) is 6.61 Å². The van der Waals surface area contributed by atoms with Crippen LogP contribution in [0.3, 0.4) is 0 Å². The van der Waals surface area contributed by atoms with Crippen molar-refractivity contribution in [1.82, 2.24) is 20.0 Å². The molecule has 6 rings (SSSR count). The van der Waals surface area contributed by atoms with Gasteiger partial charge in [0.25, 0.3) is 0 Å². The first-order chi connectivity index (χ1) is 16.8. The highest BCUT2D eigenvalue weighted by molar-refractivity contribution is 5.96. The van der Waals surface area contributed by atoms with Gasteiger partial charge in [0.1, 0.15) is 11.7 Å². The molecular weight excluding hydrogens is 444 g/mol. The second-order valence-electron chi connectivity index (χ2n) is 11.2. The lowest BCUT2D eigenvalue weighted by Crippen LogP contribution is -2.50. The van der Waals surface area contributed by atoms with E-state index in [1.54, 1.807) is 11.4 Å². The van der Waals surface area contributed by atoms with Crippen molar-refractivity contribution >= 4 is 23.7 Å². The third kappa shape index (κ3) is 3.14. The highest BCUT2D eigenvalue weighted by Crippen LogP contribution is 2.64. The molecule has 0 radical (unpaired) electrons. The number of aromatic nitrogens is 4. The molecule has 8 heteroatoms. The van der Waals surface area contributed by atoms with E-state index >= 15 is 0 Å². The largest absolute Gasteiger partial charge is 0.462 e. The summed E-state index contributed by atoms with van der Waals surface area (Å²) < 4.78 is 12.8. The molecule has 2 aromatic heterocycles. The summed E-state index contributed by atoms with van der Waals surface area (Å²) in [6, 6.07) is 1.93. The number of rotatable bonds is 3. The maximum Gasteiger partial charge on any atom is 0.342 e. The molecule has 2 fully saturated rings. The van der Waals surface area contributed by atoms with Crippen LogP contribution in [0.15, 0.2) is 23.8 Å². The maximum absolute atomic E-state index is 12.7. The van der Waals surface area contributed by atoms with E-state index < -0.39 is 5.97 Å². The predicted molar refractivity (Wildman–Crippen MR) is 128 cm³/mol. The van der Waals surface area contributed by atoms with Crippen LogP contribution in [0.5, 0.6) is 0 Å². The van der Waals surface area contributed by atoms with Gasteiger partial charge < -0.3 is 9.47 Å². The Balaban J connectivity index is 1.40. The highest BCUT2D eigenvalue weighted by atomic mass is 16.5. The molecule has 2 heterocycles. The van der Waals surface area contributed by atoms with Crippen molar-refractivity contribution < 1.29 is 19.1 Å². The van der Waals surface area contributed by atoms with Gasteiger partial charge in [0, 0.05) is 17.8 Å². The monoisotopic (exact) mass is 476 g/mol. The van der Waals surface area contributed by atoms with E-state index in [2.05, 4.69) is 47.6 Å². The lowest BCUT2D eigenvalue weighted by molar-refractivity contribution is -0.155. The van der Waals surface area contributed by atoms with Crippen LogP contribution in [0.4, 0.5) is 0 Å². The van der Waals surface area contributed by atoms with Crippen LogP contribution in [0.1, 0.15) is 75.0 Å². The van der Waals surface area contributed by atoms with Gasteiger partial charge in [-0.25, -0.2) is 4.79 Å². The topological polar surface area (TPSA) is 95.7 Å². The van der Waals surface area contributed by atoms with Gasteiger partial charge in [-0.1, -0.05) is 26.0 Å². The number of fused-ring (bicyclic) bond motifs is 8. The minimum Gasteiger partial charge on any atom is -0.462 e. The van der Waals surface area contributed by atoms with Crippen molar-refractivity contribution in [3.63, 3.8) is 0 Å². The van der Waals surface area contributed by atoms with Crippen molar-refractivity contribution in [2.24, 2.45) is 28.6 Å². The van der Waals surface area contributed by atoms with Crippen LogP contribution in [-0.2, 0) is 20.7 Å². The van der Waals surface area contributed by atoms with E-state index in [-0.39, 0.29) is 22.9 Å². The fraction of sp³-hybridized carbons (Fsp3) is 0.593. The summed E-state index contributed by atoms with van der Waals surface area (Å²) in [5, 5.41) is 12.1. The zero-order valence-corrected chi connectivity index (χ0v) is 20.8. The molecule has 35 heavy (non-hydrogen) atoms. The summed E-state index contributed by atoms with van der Waals surface area (Å²) in [6.07, 6.45) is 11.9. The zero-order valence-electron chi connectivity index (χ0n) is 20.8. The van der Waals surface area contributed by atoms with Gasteiger partial charge >= 0.3 is 11.9 Å². The first-order valence-electron chi connectivity index (χ1n) is 12.7. The molecule has 0 unspecified atom stereocenters. The van der Waals surface area contributed by atoms with E-state index in [9.17, 15) is 9.59 Å². The number of tetrazole rings is 1. The fourth-order valence-corrected chi connectivity index (χ4v) is 7.78. The van der Waals surface area contributed by atoms with Gasteiger partial charge in [0.2, 0.25) is 0 Å². The molecule has 6 atom stereocenters. The molecule has 184 valence electrons. The number of ether oxygens (including phenoxy) is 2. The van der Waals surface area contributed by atoms with E-state index in [0.717, 1.165) is 43.4 Å². The number of pyridine rings is 1. The van der Waals surface area contributed by atoms with Gasteiger partial charge in [-0.2, -0.15) is 4.52 Å². The van der Waals surface area contributed by atoms with E-state index in [1.165, 1.54) is 12.5 Å². The van der Waals surface area contributed by atoms with Crippen molar-refractivity contribution in [2.45, 2.75) is 65.9 Å². The summed E-state index contributed by atoms with van der Waals surface area (Å²) in [7, 11) is 0. The molecular formula is C27H32N4O4. The minimum absolute atomic E-state index is 0.0106. The molecule has 0 saturated heterocycles. The summed E-state index contributed by atoms with van der Waals surface area (Å²) in [6.45, 7) is 8.32. The zero-order chi connectivity index (χ0) is 24.5. The number of allylic oxidation sites excluding steroid dienone is 3. The Kier molecular flexibility index (Phi) is 4.96. The average molecular weight is 477 g/mol. The average Bonchev–Trinajstić information content (AvgIpc) is 3.42. The number of nitrogens with zero attached hydrogens (tertiary/aromatic N) is 4. The van der Waals surface area contributed by atoms with Crippen LogP contribution >= 0.6 is 0 Å². The van der Waals surface area contributed by atoms with Crippen molar-refractivity contribution in [3.05, 3.63) is 40.6 Å². The van der Waals surface area contributed by atoms with Crippen LogP contribution in [0.2, 0.25) is 0 Å². The summed E-state index contributed by atoms with van der Waals surface area (Å²) in [4.78, 5) is 24.5. The molecule has 2 aromatic rings. The molecule has 4 aliphatic rings. The second kappa shape index (κ2) is 7.73. The van der Waals surface area contributed by atoms with E-state index in [1.807, 2.05) is 6.07 Å². The molecule has 2 saturated carbocycles. The third-order valence-electron chi connectivity index (χ3n) is 9.46. The number of hydrogen-bond acceptors (Lipinski definition) is 7. The SMILES string of the molecule is CCOC(=O)c1cc2c(n3nnnc13)C=C1C=C[C@H]3[C@@H]4CC[C@H](OC(C)=O)[C@@]4(C)CC[C@@H]3[C@@]1(C)C2. The molecule has 0 N–H and O–H groups in total. The second-order valence-corrected chi connectivity index (χ2v) is 11.2. The Labute approximate surface area is 204 Å². The predicted octanol–water partition coefficient (Wildman–Crippen LogP) is 4.19. The highest BCUT2D eigenvalue weighted by Gasteiger charge is 2.59. The van der Waals surface area contributed by atoms with E-state index in [0.29, 0.717) is 35.6 Å². The lowest BCUT2D eigenvalue weighted by Gasteiger charge is -2.55. The Morgan fingerprint density at radius 2 is 2.03 bits per heavy atom. The Hall–Kier alpha value is -3.03. The number of esters is 2. The first-order valence-corrected chi connectivity index (χ1v) is 12.7. The Morgan fingerprint density at radius 3 is 2.80 bits per heavy atom. The van der Waals surface area contributed by atoms with Crippen LogP contribution in [-0.4, -0.2) is 44.7 Å². The van der Waals surface area contributed by atoms with Crippen LogP contribution < -0.4 is 0 Å². The smallest absolute Gasteiger partial charge is 0.342 e. The lowest BCUT2D eigenvalue weighted by atomic mass is 9.49. The molecule has 0 spiro atoms. The van der Waals surface area contributed by atoms with Gasteiger partial charge in [-0.15, -0.1) is 5.10 Å². The normalized spacial score (nSPS) is 34.9. The van der Waals surface area contributed by atoms with Gasteiger partial charge in [0.15, 0.2) is 5.65 Å². The molecule has 0 bridgehead atoms. The van der Waals surface area contributed by atoms with Crippen LogP contribution in [0.25, 0.3) is 11.7 Å². The number of carbonyl (C=O) groups excluding carboxylic acids is 2. The first kappa shape index (κ1) is 22.4. The molecule has 4 aliphatic carbocycles. The summed E-state index contributed by atoms with van der Waals surface area (Å²) >= 11 is 0.